The Hall–Kier alpha value is -3.01. The molecule has 9 heteroatoms. The van der Waals surface area contributed by atoms with Gasteiger partial charge in [0.05, 0.1) is 40.3 Å². The first-order valence-corrected chi connectivity index (χ1v) is 35.9. The molecule has 0 spiro atoms. The molecule has 0 aliphatic rings. The number of carbonyl (C=O) groups is 3. The number of hydrogen-bond acceptors (Lipinski definition) is 8. The van der Waals surface area contributed by atoms with Gasteiger partial charge in [-0.2, -0.15) is 0 Å². The lowest BCUT2D eigenvalue weighted by atomic mass is 10.0. The first kappa shape index (κ1) is 81.0. The molecule has 9 nitrogen and oxygen atoms in total. The van der Waals surface area contributed by atoms with Crippen LogP contribution in [0.2, 0.25) is 0 Å². The number of nitrogens with zero attached hydrogens (tertiary/aromatic N) is 1. The lowest BCUT2D eigenvalue weighted by Gasteiger charge is -2.26. The second kappa shape index (κ2) is 66.0. The van der Waals surface area contributed by atoms with Crippen molar-refractivity contribution in [2.75, 3.05) is 47.5 Å². The third kappa shape index (κ3) is 66.5. The molecule has 0 aromatic heterocycles. The number of rotatable bonds is 67. The molecule has 490 valence electrons. The second-order valence-electron chi connectivity index (χ2n) is 25.5. The molecule has 0 amide bonds. The van der Waals surface area contributed by atoms with Crippen LogP contribution >= 0.6 is 0 Å². The second-order valence-corrected chi connectivity index (χ2v) is 25.5. The van der Waals surface area contributed by atoms with Crippen molar-refractivity contribution in [3.05, 3.63) is 60.8 Å². The monoisotopic (exact) mass is 1180 g/mol. The van der Waals surface area contributed by atoms with Crippen molar-refractivity contribution < 1.29 is 42.9 Å². The Bertz CT molecular complexity index is 1560. The zero-order valence-corrected chi connectivity index (χ0v) is 56.0. The van der Waals surface area contributed by atoms with Crippen LogP contribution in [0.4, 0.5) is 0 Å². The largest absolute Gasteiger partial charge is 0.545 e. The van der Waals surface area contributed by atoms with Gasteiger partial charge >= 0.3 is 11.9 Å². The molecular formula is C75H137NO8. The van der Waals surface area contributed by atoms with Gasteiger partial charge in [-0.05, 0) is 57.8 Å². The van der Waals surface area contributed by atoms with Crippen molar-refractivity contribution in [1.82, 2.24) is 0 Å². The van der Waals surface area contributed by atoms with E-state index >= 15 is 0 Å². The van der Waals surface area contributed by atoms with Crippen LogP contribution in [-0.4, -0.2) is 82.3 Å². The van der Waals surface area contributed by atoms with E-state index in [0.29, 0.717) is 23.9 Å². The van der Waals surface area contributed by atoms with Crippen LogP contribution in [0.5, 0.6) is 0 Å². The fraction of sp³-hybridized carbons (Fsp3) is 0.827. The molecular weight excluding hydrogens is 1040 g/mol. The van der Waals surface area contributed by atoms with E-state index in [1.54, 1.807) is 0 Å². The molecule has 0 aliphatic carbocycles. The molecule has 0 aliphatic heterocycles. The zero-order valence-electron chi connectivity index (χ0n) is 56.0. The number of carbonyl (C=O) groups excluding carboxylic acids is 3. The number of esters is 2. The van der Waals surface area contributed by atoms with E-state index in [2.05, 4.69) is 74.6 Å². The van der Waals surface area contributed by atoms with Crippen LogP contribution in [0.25, 0.3) is 0 Å². The Morgan fingerprint density at radius 1 is 0.369 bits per heavy atom. The number of aliphatic carboxylic acids is 1. The van der Waals surface area contributed by atoms with Crippen molar-refractivity contribution in [2.24, 2.45) is 0 Å². The van der Waals surface area contributed by atoms with E-state index in [-0.39, 0.29) is 32.2 Å². The van der Waals surface area contributed by atoms with Gasteiger partial charge in [-0.3, -0.25) is 9.59 Å². The molecule has 0 fully saturated rings. The van der Waals surface area contributed by atoms with Gasteiger partial charge in [-0.25, -0.2) is 0 Å². The summed E-state index contributed by atoms with van der Waals surface area (Å²) in [6.45, 7) is 4.67. The minimum Gasteiger partial charge on any atom is -0.545 e. The standard InChI is InChI=1S/C75H137NO8/c1-6-8-10-12-14-16-18-20-22-24-26-28-30-31-32-33-34-35-36-37-38-39-40-41-42-44-45-47-49-51-53-55-57-59-61-63-65-72(77)82-69-71(70-83-75(74(79)80)81-68-67-76(3,4)5)84-73(78)66-64-62-60-58-56-54-52-50-48-46-43-29-27-25-23-21-19-17-15-13-11-9-7-2/h9,11,15,17,21,23,27,29,46,48,71,75H,6-8,10,12-14,16,18-20,22,24-26,28,30-45,47,49-70H2,1-5H3/b11-9-,17-15-,23-21-,29-27-,48-46-. The molecule has 0 aromatic rings. The van der Waals surface area contributed by atoms with Gasteiger partial charge in [0.2, 0.25) is 0 Å². The highest BCUT2D eigenvalue weighted by Crippen LogP contribution is 2.19. The average Bonchev–Trinajstić information content (AvgIpc) is 3.51. The summed E-state index contributed by atoms with van der Waals surface area (Å²) in [6.07, 6.45) is 83.3. The summed E-state index contributed by atoms with van der Waals surface area (Å²) in [5, 5.41) is 11.8. The summed E-state index contributed by atoms with van der Waals surface area (Å²) in [6, 6.07) is 0. The maximum absolute atomic E-state index is 12.9. The van der Waals surface area contributed by atoms with Crippen LogP contribution in [0, 0.1) is 0 Å². The summed E-state index contributed by atoms with van der Waals surface area (Å²) in [4.78, 5) is 37.5. The first-order chi connectivity index (χ1) is 41.1. The molecule has 2 unspecified atom stereocenters. The van der Waals surface area contributed by atoms with E-state index < -0.39 is 24.3 Å². The molecule has 2 atom stereocenters. The number of ether oxygens (including phenoxy) is 4. The molecule has 0 aromatic carbocycles. The Labute approximate surface area is 520 Å². The average molecular weight is 1180 g/mol. The van der Waals surface area contributed by atoms with E-state index in [4.69, 9.17) is 18.9 Å². The van der Waals surface area contributed by atoms with E-state index in [1.807, 2.05) is 21.1 Å². The summed E-state index contributed by atoms with van der Waals surface area (Å²) in [5.41, 5.74) is 0. The molecule has 0 saturated heterocycles. The number of likely N-dealkylation sites (N-methyl/N-ethyl adjacent to an activating group) is 1. The number of allylic oxidation sites excluding steroid dienone is 10. The molecule has 0 heterocycles. The summed E-state index contributed by atoms with van der Waals surface area (Å²) >= 11 is 0. The molecule has 0 rings (SSSR count). The number of quaternary nitrogens is 1. The van der Waals surface area contributed by atoms with E-state index in [9.17, 15) is 19.5 Å². The topological polar surface area (TPSA) is 111 Å². The number of carboxylic acids is 1. The van der Waals surface area contributed by atoms with Crippen molar-refractivity contribution in [1.29, 1.82) is 0 Å². The van der Waals surface area contributed by atoms with Crippen LogP contribution in [0.1, 0.15) is 341 Å². The summed E-state index contributed by atoms with van der Waals surface area (Å²) < 4.78 is 22.8. The fourth-order valence-electron chi connectivity index (χ4n) is 10.6. The van der Waals surface area contributed by atoms with Gasteiger partial charge in [0.25, 0.3) is 0 Å². The molecule has 0 radical (unpaired) electrons. The van der Waals surface area contributed by atoms with Gasteiger partial charge < -0.3 is 33.3 Å². The van der Waals surface area contributed by atoms with E-state index in [1.165, 1.54) is 231 Å². The lowest BCUT2D eigenvalue weighted by Crippen LogP contribution is -2.44. The van der Waals surface area contributed by atoms with Crippen molar-refractivity contribution in [3.63, 3.8) is 0 Å². The van der Waals surface area contributed by atoms with Crippen LogP contribution in [0.3, 0.4) is 0 Å². The Morgan fingerprint density at radius 3 is 1.01 bits per heavy atom. The maximum atomic E-state index is 12.9. The summed E-state index contributed by atoms with van der Waals surface area (Å²) in [5.74, 6) is -2.28. The molecule has 0 saturated carbocycles. The fourth-order valence-corrected chi connectivity index (χ4v) is 10.6. The predicted molar refractivity (Wildman–Crippen MR) is 357 cm³/mol. The van der Waals surface area contributed by atoms with Crippen molar-refractivity contribution in [3.8, 4) is 0 Å². The summed E-state index contributed by atoms with van der Waals surface area (Å²) in [7, 11) is 5.93. The maximum Gasteiger partial charge on any atom is 0.306 e. The highest BCUT2D eigenvalue weighted by molar-refractivity contribution is 5.70. The lowest BCUT2D eigenvalue weighted by molar-refractivity contribution is -0.870. The number of carboxylic acid groups (broad SMARTS) is 1. The highest BCUT2D eigenvalue weighted by Gasteiger charge is 2.22. The van der Waals surface area contributed by atoms with E-state index in [0.717, 1.165) is 77.0 Å². The third-order valence-electron chi connectivity index (χ3n) is 16.0. The third-order valence-corrected chi connectivity index (χ3v) is 16.0. The van der Waals surface area contributed by atoms with Gasteiger partial charge in [0, 0.05) is 12.8 Å². The molecule has 0 N–H and O–H groups in total. The molecule has 84 heavy (non-hydrogen) atoms. The first-order valence-electron chi connectivity index (χ1n) is 35.9. The van der Waals surface area contributed by atoms with Crippen LogP contribution in [-0.2, 0) is 33.3 Å². The van der Waals surface area contributed by atoms with Gasteiger partial charge in [0.1, 0.15) is 13.2 Å². The predicted octanol–water partition coefficient (Wildman–Crippen LogP) is 21.0. The number of unbranched alkanes of at least 4 members (excludes halogenated alkanes) is 42. The minimum absolute atomic E-state index is 0.145. The molecule has 0 bridgehead atoms. The van der Waals surface area contributed by atoms with Gasteiger partial charge in [-0.1, -0.05) is 331 Å². The smallest absolute Gasteiger partial charge is 0.306 e. The Balaban J connectivity index is 4.02. The Kier molecular flexibility index (Phi) is 63.6. The highest BCUT2D eigenvalue weighted by atomic mass is 16.7. The van der Waals surface area contributed by atoms with Crippen molar-refractivity contribution >= 4 is 17.9 Å². The number of hydrogen-bond donors (Lipinski definition) is 0. The van der Waals surface area contributed by atoms with Crippen molar-refractivity contribution in [2.45, 2.75) is 354 Å². The van der Waals surface area contributed by atoms with Crippen LogP contribution in [0.15, 0.2) is 60.8 Å². The van der Waals surface area contributed by atoms with Gasteiger partial charge in [-0.15, -0.1) is 0 Å². The quantitative estimate of drug-likeness (QED) is 0.0195. The zero-order chi connectivity index (χ0) is 61.2. The minimum atomic E-state index is -1.63. The van der Waals surface area contributed by atoms with Gasteiger partial charge in [0.15, 0.2) is 12.4 Å². The SMILES string of the molecule is CC/C=C\C/C=C\C/C=C\C/C=C\C/C=C\CCCCCCCCCC(=O)OC(COC(=O)CCCCCCCCCCCCCCCCCCCCCCCCCCCCCCCCCCCCCC)COC(OCC[N+](C)(C)C)C(=O)[O-]. The van der Waals surface area contributed by atoms with Crippen LogP contribution < -0.4 is 5.11 Å². The normalized spacial score (nSPS) is 13.0. The Morgan fingerprint density at radius 2 is 0.679 bits per heavy atom.